The van der Waals surface area contributed by atoms with E-state index in [4.69, 9.17) is 4.98 Å². The van der Waals surface area contributed by atoms with Crippen LogP contribution >= 0.6 is 0 Å². The molecule has 8 heteroatoms. The maximum absolute atomic E-state index is 14.1. The third kappa shape index (κ3) is 7.59. The van der Waals surface area contributed by atoms with Crippen LogP contribution in [0.25, 0.3) is 33.5 Å². The van der Waals surface area contributed by atoms with Gasteiger partial charge in [-0.15, -0.1) is 0 Å². The van der Waals surface area contributed by atoms with Gasteiger partial charge in [0.2, 0.25) is 5.91 Å². The average molecular weight is 636 g/mol. The second-order valence-corrected chi connectivity index (χ2v) is 14.9. The number of pyridine rings is 2. The molecule has 0 saturated heterocycles. The van der Waals surface area contributed by atoms with E-state index in [-0.39, 0.29) is 11.8 Å². The minimum absolute atomic E-state index is 0.153. The lowest BCUT2D eigenvalue weighted by atomic mass is 9.82. The topological polar surface area (TPSA) is 91.7 Å². The molecule has 250 valence electrons. The van der Waals surface area contributed by atoms with Crippen LogP contribution in [0.15, 0.2) is 49.1 Å². The number of aromatic nitrogens is 5. The Balaban J connectivity index is 1.46. The minimum Gasteiger partial charge on any atom is -0.341 e. The highest BCUT2D eigenvalue weighted by molar-refractivity contribution is 5.92. The molecule has 0 aliphatic rings. The number of carbonyl (C=O) groups is 1. The van der Waals surface area contributed by atoms with Crippen LogP contribution < -0.4 is 5.32 Å². The molecule has 1 atom stereocenters. The zero-order valence-corrected chi connectivity index (χ0v) is 30.0. The molecule has 0 spiro atoms. The molecule has 4 aromatic heterocycles. The summed E-state index contributed by atoms with van der Waals surface area (Å²) in [4.78, 5) is 33.9. The Labute approximate surface area is 280 Å². The molecule has 4 heterocycles. The van der Waals surface area contributed by atoms with Gasteiger partial charge in [-0.3, -0.25) is 4.79 Å². The largest absolute Gasteiger partial charge is 0.341 e. The van der Waals surface area contributed by atoms with Crippen LogP contribution in [0.1, 0.15) is 82.2 Å². The number of amides is 1. The Bertz CT molecular complexity index is 1830. The maximum Gasteiger partial charge on any atom is 0.232 e. The predicted molar refractivity (Wildman–Crippen MR) is 194 cm³/mol. The Morgan fingerprint density at radius 1 is 0.936 bits per heavy atom. The van der Waals surface area contributed by atoms with Crippen LogP contribution in [-0.2, 0) is 23.7 Å². The van der Waals surface area contributed by atoms with Gasteiger partial charge in [0, 0.05) is 44.5 Å². The molecule has 0 aliphatic carbocycles. The summed E-state index contributed by atoms with van der Waals surface area (Å²) < 4.78 is 1.94. The first-order valence-electron chi connectivity index (χ1n) is 17.1. The second-order valence-electron chi connectivity index (χ2n) is 14.9. The quantitative estimate of drug-likeness (QED) is 0.131. The molecule has 5 aromatic rings. The lowest BCUT2D eigenvalue weighted by Gasteiger charge is -2.34. The van der Waals surface area contributed by atoms with Crippen LogP contribution in [0.4, 0.5) is 0 Å². The molecular formula is C39H53N7O. The highest BCUT2D eigenvalue weighted by atomic mass is 16.2. The molecule has 0 radical (unpaired) electrons. The number of carbonyl (C=O) groups excluding carboxylic acids is 1. The molecule has 0 fully saturated rings. The van der Waals surface area contributed by atoms with Crippen LogP contribution in [0.3, 0.4) is 0 Å². The average Bonchev–Trinajstić information content (AvgIpc) is 3.57. The van der Waals surface area contributed by atoms with Gasteiger partial charge in [0.15, 0.2) is 5.65 Å². The third-order valence-electron chi connectivity index (χ3n) is 9.06. The minimum atomic E-state index is -0.718. The standard InChI is InChI=1S/C39H53N7O/c1-24(2)21-46(22-25(3)4)38(47)39(8,9)31-17-32-34(35(44-36(32)41-20-31)30-14-26(5)13-27(6)15-30)28(7)18-40-12-11-29-16-33-37(42-19-29)45(10)23-43-33/h13-17,19-20,23-25,28,40H,11-12,18,21-22H2,1-10H3,(H,41,44)/t28-/m1/s1. The molecule has 0 saturated carbocycles. The summed E-state index contributed by atoms with van der Waals surface area (Å²) in [6, 6.07) is 11.0. The number of nitrogens with one attached hydrogen (secondary N) is 2. The second kappa shape index (κ2) is 14.0. The van der Waals surface area contributed by atoms with Gasteiger partial charge in [0.25, 0.3) is 0 Å². The van der Waals surface area contributed by atoms with Crippen molar-refractivity contribution >= 4 is 28.1 Å². The highest BCUT2D eigenvalue weighted by Crippen LogP contribution is 2.38. The Morgan fingerprint density at radius 3 is 2.28 bits per heavy atom. The van der Waals surface area contributed by atoms with Crippen molar-refractivity contribution in [1.82, 2.24) is 34.7 Å². The SMILES string of the molecule is Cc1cc(C)cc(-c2[nH]c3ncc(C(C)(C)C(=O)N(CC(C)C)CC(C)C)cc3c2[C@H](C)CNCCc2cnc3c(c2)ncn3C)c1. The van der Waals surface area contributed by atoms with Crippen molar-refractivity contribution in [2.75, 3.05) is 26.2 Å². The van der Waals surface area contributed by atoms with E-state index in [2.05, 4.69) is 99.1 Å². The Kier molecular flexibility index (Phi) is 10.2. The van der Waals surface area contributed by atoms with E-state index in [1.165, 1.54) is 22.3 Å². The first kappa shape index (κ1) is 34.3. The van der Waals surface area contributed by atoms with Crippen LogP contribution in [0.5, 0.6) is 0 Å². The molecule has 0 unspecified atom stereocenters. The number of aryl methyl sites for hydroxylation is 3. The molecule has 47 heavy (non-hydrogen) atoms. The van der Waals surface area contributed by atoms with Gasteiger partial charge in [-0.2, -0.15) is 0 Å². The molecule has 0 bridgehead atoms. The number of nitrogens with zero attached hydrogens (tertiary/aromatic N) is 5. The monoisotopic (exact) mass is 635 g/mol. The summed E-state index contributed by atoms with van der Waals surface area (Å²) in [5, 5.41) is 4.79. The number of H-pyrrole nitrogens is 1. The number of hydrogen-bond acceptors (Lipinski definition) is 5. The summed E-state index contributed by atoms with van der Waals surface area (Å²) in [7, 11) is 1.97. The molecule has 0 aliphatic heterocycles. The van der Waals surface area contributed by atoms with Crippen molar-refractivity contribution in [1.29, 1.82) is 0 Å². The van der Waals surface area contributed by atoms with Gasteiger partial charge < -0.3 is 19.8 Å². The zero-order chi connectivity index (χ0) is 34.0. The number of imidazole rings is 1. The molecular weight excluding hydrogens is 582 g/mol. The Hall–Kier alpha value is -4.04. The number of benzene rings is 1. The van der Waals surface area contributed by atoms with Gasteiger partial charge in [-0.25, -0.2) is 15.0 Å². The third-order valence-corrected chi connectivity index (χ3v) is 9.06. The number of hydrogen-bond donors (Lipinski definition) is 2. The summed E-state index contributed by atoms with van der Waals surface area (Å²) in [5.41, 5.74) is 10.0. The van der Waals surface area contributed by atoms with Crippen LogP contribution in [0.2, 0.25) is 0 Å². The van der Waals surface area contributed by atoms with Gasteiger partial charge in [0.05, 0.1) is 17.4 Å². The van der Waals surface area contributed by atoms with Crippen molar-refractivity contribution in [3.8, 4) is 11.3 Å². The molecule has 1 aromatic carbocycles. The van der Waals surface area contributed by atoms with E-state index >= 15 is 0 Å². The first-order chi connectivity index (χ1) is 22.2. The lowest BCUT2D eigenvalue weighted by Crippen LogP contribution is -2.46. The number of fused-ring (bicyclic) bond motifs is 2. The first-order valence-corrected chi connectivity index (χ1v) is 17.1. The fraction of sp³-hybridized carbons (Fsp3) is 0.487. The summed E-state index contributed by atoms with van der Waals surface area (Å²) >= 11 is 0. The van der Waals surface area contributed by atoms with Crippen molar-refractivity contribution < 1.29 is 4.79 Å². The smallest absolute Gasteiger partial charge is 0.232 e. The number of rotatable bonds is 13. The van der Waals surface area contributed by atoms with Crippen molar-refractivity contribution in [3.63, 3.8) is 0 Å². The summed E-state index contributed by atoms with van der Waals surface area (Å²) in [6.45, 7) is 22.5. The van der Waals surface area contributed by atoms with Gasteiger partial charge in [-0.05, 0) is 105 Å². The van der Waals surface area contributed by atoms with Crippen molar-refractivity contribution in [3.05, 3.63) is 76.9 Å². The molecule has 8 nitrogen and oxygen atoms in total. The normalized spacial score (nSPS) is 12.9. The van der Waals surface area contributed by atoms with Gasteiger partial charge in [-0.1, -0.05) is 51.8 Å². The molecule has 5 rings (SSSR count). The summed E-state index contributed by atoms with van der Waals surface area (Å²) in [5.74, 6) is 1.13. The van der Waals surface area contributed by atoms with E-state index in [0.717, 1.165) is 71.6 Å². The van der Waals surface area contributed by atoms with Crippen molar-refractivity contribution in [2.45, 2.75) is 80.1 Å². The predicted octanol–water partition coefficient (Wildman–Crippen LogP) is 7.48. The molecule has 2 N–H and O–H groups in total. The van der Waals surface area contributed by atoms with Crippen LogP contribution in [-0.4, -0.2) is 61.5 Å². The fourth-order valence-corrected chi connectivity index (χ4v) is 6.78. The lowest BCUT2D eigenvalue weighted by molar-refractivity contribution is -0.137. The molecule has 1 amide bonds. The number of aromatic amines is 1. The van der Waals surface area contributed by atoms with E-state index in [0.29, 0.717) is 11.8 Å². The van der Waals surface area contributed by atoms with E-state index in [1.807, 2.05) is 42.8 Å². The van der Waals surface area contributed by atoms with Gasteiger partial charge in [0.1, 0.15) is 11.2 Å². The maximum atomic E-state index is 14.1. The van der Waals surface area contributed by atoms with E-state index in [9.17, 15) is 4.79 Å². The van der Waals surface area contributed by atoms with Crippen LogP contribution in [0, 0.1) is 25.7 Å². The highest BCUT2D eigenvalue weighted by Gasteiger charge is 2.35. The van der Waals surface area contributed by atoms with Crippen molar-refractivity contribution in [2.24, 2.45) is 18.9 Å². The zero-order valence-electron chi connectivity index (χ0n) is 30.0. The fourth-order valence-electron chi connectivity index (χ4n) is 6.78. The van der Waals surface area contributed by atoms with E-state index < -0.39 is 5.41 Å². The van der Waals surface area contributed by atoms with E-state index in [1.54, 1.807) is 6.33 Å². The Morgan fingerprint density at radius 2 is 1.62 bits per heavy atom. The summed E-state index contributed by atoms with van der Waals surface area (Å²) in [6.07, 6.45) is 6.52. The van der Waals surface area contributed by atoms with Gasteiger partial charge >= 0.3 is 0 Å².